The summed E-state index contributed by atoms with van der Waals surface area (Å²) in [5, 5.41) is 6.50. The first-order valence-electron chi connectivity index (χ1n) is 8.52. The normalized spacial score (nSPS) is 10.6. The Morgan fingerprint density at radius 3 is 2.59 bits per heavy atom. The molecule has 3 rings (SSSR count). The molecular formula is C20H16Cl2N2O4S. The zero-order chi connectivity index (χ0) is 21.0. The average Bonchev–Trinajstić information content (AvgIpc) is 3.04. The number of nitrogens with one attached hydrogen (secondary N) is 2. The molecule has 1 heterocycles. The fourth-order valence-corrected chi connectivity index (χ4v) is 4.21. The van der Waals surface area contributed by atoms with Gasteiger partial charge in [-0.25, -0.2) is 0 Å². The predicted molar refractivity (Wildman–Crippen MR) is 115 cm³/mol. The van der Waals surface area contributed by atoms with Gasteiger partial charge < -0.3 is 15.4 Å². The Kier molecular flexibility index (Phi) is 6.74. The number of carbonyl (C=O) groups is 3. The molecule has 150 valence electrons. The molecule has 1 aromatic heterocycles. The number of benzene rings is 2. The fraction of sp³-hybridized carbons (Fsp3) is 0.150. The molecule has 9 heteroatoms. The summed E-state index contributed by atoms with van der Waals surface area (Å²) in [5.41, 5.74) is 1.37. The number of thiophene rings is 1. The third-order valence-electron chi connectivity index (χ3n) is 3.90. The minimum absolute atomic E-state index is 0.312. The Morgan fingerprint density at radius 1 is 1.10 bits per heavy atom. The highest BCUT2D eigenvalue weighted by atomic mass is 35.5. The quantitative estimate of drug-likeness (QED) is 0.544. The van der Waals surface area contributed by atoms with Gasteiger partial charge in [-0.05, 0) is 30.7 Å². The van der Waals surface area contributed by atoms with Crippen LogP contribution >= 0.6 is 34.5 Å². The van der Waals surface area contributed by atoms with E-state index >= 15 is 0 Å². The summed E-state index contributed by atoms with van der Waals surface area (Å²) in [5.74, 6) is -1.77. The van der Waals surface area contributed by atoms with E-state index in [2.05, 4.69) is 10.6 Å². The van der Waals surface area contributed by atoms with Crippen molar-refractivity contribution in [2.45, 2.75) is 6.92 Å². The topological polar surface area (TPSA) is 84.5 Å². The molecule has 0 spiro atoms. The number of fused-ring (bicyclic) bond motifs is 1. The van der Waals surface area contributed by atoms with Gasteiger partial charge in [-0.15, -0.1) is 11.3 Å². The van der Waals surface area contributed by atoms with Crippen LogP contribution in [0.3, 0.4) is 0 Å². The molecule has 0 atom stereocenters. The van der Waals surface area contributed by atoms with Gasteiger partial charge in [-0.3, -0.25) is 14.4 Å². The lowest BCUT2D eigenvalue weighted by atomic mass is 10.2. The van der Waals surface area contributed by atoms with Crippen LogP contribution in [0, 0.1) is 6.92 Å². The Labute approximate surface area is 180 Å². The molecule has 0 aliphatic rings. The van der Waals surface area contributed by atoms with E-state index in [0.717, 1.165) is 15.6 Å². The van der Waals surface area contributed by atoms with Crippen molar-refractivity contribution in [3.63, 3.8) is 0 Å². The van der Waals surface area contributed by atoms with Gasteiger partial charge in [0.25, 0.3) is 11.8 Å². The minimum Gasteiger partial charge on any atom is -0.454 e. The monoisotopic (exact) mass is 450 g/mol. The van der Waals surface area contributed by atoms with E-state index in [1.165, 1.54) is 11.3 Å². The van der Waals surface area contributed by atoms with Crippen molar-refractivity contribution in [3.05, 3.63) is 63.0 Å². The standard InChI is InChI=1S/C20H16Cl2N2O4S/c1-11-6-7-14(13(21)8-11)24-16(25)10-28-17(26)9-23-20(27)19-18(22)12-4-2-3-5-15(12)29-19/h2-8H,9-10H2,1H3,(H,23,27)(H,24,25). The van der Waals surface area contributed by atoms with Crippen LogP contribution in [-0.4, -0.2) is 30.9 Å². The lowest BCUT2D eigenvalue weighted by molar-refractivity contribution is -0.146. The molecule has 0 aliphatic heterocycles. The zero-order valence-electron chi connectivity index (χ0n) is 15.3. The first-order valence-corrected chi connectivity index (χ1v) is 10.1. The number of ether oxygens (including phenoxy) is 1. The first-order chi connectivity index (χ1) is 13.8. The second kappa shape index (κ2) is 9.26. The van der Waals surface area contributed by atoms with Gasteiger partial charge in [0.1, 0.15) is 11.4 Å². The number of hydrogen-bond donors (Lipinski definition) is 2. The lowest BCUT2D eigenvalue weighted by Crippen LogP contribution is -2.32. The van der Waals surface area contributed by atoms with Crippen LogP contribution in [0.15, 0.2) is 42.5 Å². The second-order valence-corrected chi connectivity index (χ2v) is 7.95. The maximum Gasteiger partial charge on any atom is 0.325 e. The summed E-state index contributed by atoms with van der Waals surface area (Å²) >= 11 is 13.5. The van der Waals surface area contributed by atoms with Crippen LogP contribution in [0.2, 0.25) is 10.0 Å². The third kappa shape index (κ3) is 5.26. The Hall–Kier alpha value is -2.61. The SMILES string of the molecule is Cc1ccc(NC(=O)COC(=O)CNC(=O)c2sc3ccccc3c2Cl)c(Cl)c1. The molecule has 0 radical (unpaired) electrons. The van der Waals surface area contributed by atoms with Gasteiger partial charge in [0.15, 0.2) is 6.61 Å². The molecule has 0 fully saturated rings. The molecule has 0 unspecified atom stereocenters. The van der Waals surface area contributed by atoms with E-state index in [1.807, 2.05) is 31.2 Å². The summed E-state index contributed by atoms with van der Waals surface area (Å²) in [6.07, 6.45) is 0. The summed E-state index contributed by atoms with van der Waals surface area (Å²) in [4.78, 5) is 36.3. The van der Waals surface area contributed by atoms with Crippen LogP contribution in [-0.2, 0) is 14.3 Å². The molecule has 0 bridgehead atoms. The fourth-order valence-electron chi connectivity index (χ4n) is 2.50. The Morgan fingerprint density at radius 2 is 1.86 bits per heavy atom. The average molecular weight is 451 g/mol. The van der Waals surface area contributed by atoms with E-state index in [4.69, 9.17) is 27.9 Å². The number of esters is 1. The maximum absolute atomic E-state index is 12.3. The summed E-state index contributed by atoms with van der Waals surface area (Å²) < 4.78 is 5.75. The molecule has 0 saturated carbocycles. The highest BCUT2D eigenvalue weighted by Crippen LogP contribution is 2.34. The van der Waals surface area contributed by atoms with Crippen molar-refractivity contribution < 1.29 is 19.1 Å². The van der Waals surface area contributed by atoms with Crippen LogP contribution in [0.1, 0.15) is 15.2 Å². The van der Waals surface area contributed by atoms with E-state index < -0.39 is 24.4 Å². The third-order valence-corrected chi connectivity index (χ3v) is 5.88. The molecule has 29 heavy (non-hydrogen) atoms. The van der Waals surface area contributed by atoms with E-state index in [-0.39, 0.29) is 6.54 Å². The van der Waals surface area contributed by atoms with Crippen molar-refractivity contribution in [1.29, 1.82) is 0 Å². The zero-order valence-corrected chi connectivity index (χ0v) is 17.6. The molecular weight excluding hydrogens is 435 g/mol. The van der Waals surface area contributed by atoms with Crippen molar-refractivity contribution in [2.24, 2.45) is 0 Å². The molecule has 0 saturated heterocycles. The van der Waals surface area contributed by atoms with Crippen molar-refractivity contribution in [2.75, 3.05) is 18.5 Å². The Bertz CT molecular complexity index is 1100. The number of aryl methyl sites for hydroxylation is 1. The van der Waals surface area contributed by atoms with E-state index in [9.17, 15) is 14.4 Å². The van der Waals surface area contributed by atoms with E-state index in [0.29, 0.717) is 20.6 Å². The Balaban J connectivity index is 1.48. The molecule has 2 aromatic carbocycles. The predicted octanol–water partition coefficient (Wildman–Crippen LogP) is 4.43. The van der Waals surface area contributed by atoms with Gasteiger partial charge >= 0.3 is 5.97 Å². The number of carbonyl (C=O) groups excluding carboxylic acids is 3. The number of amides is 2. The van der Waals surface area contributed by atoms with Gasteiger partial charge in [-0.2, -0.15) is 0 Å². The first kappa shape index (κ1) is 21.1. The lowest BCUT2D eigenvalue weighted by Gasteiger charge is -2.09. The van der Waals surface area contributed by atoms with Crippen LogP contribution in [0.4, 0.5) is 5.69 Å². The van der Waals surface area contributed by atoms with Crippen molar-refractivity contribution in [1.82, 2.24) is 5.32 Å². The molecule has 3 aromatic rings. The largest absolute Gasteiger partial charge is 0.454 e. The van der Waals surface area contributed by atoms with Crippen molar-refractivity contribution >= 4 is 68.1 Å². The second-order valence-electron chi connectivity index (χ2n) is 6.12. The summed E-state index contributed by atoms with van der Waals surface area (Å²) in [7, 11) is 0. The molecule has 0 aliphatic carbocycles. The molecule has 2 amide bonds. The molecule has 6 nitrogen and oxygen atoms in total. The highest BCUT2D eigenvalue weighted by molar-refractivity contribution is 7.21. The van der Waals surface area contributed by atoms with Gasteiger partial charge in [0.2, 0.25) is 0 Å². The van der Waals surface area contributed by atoms with Gasteiger partial charge in [0, 0.05) is 10.1 Å². The van der Waals surface area contributed by atoms with Crippen LogP contribution in [0.25, 0.3) is 10.1 Å². The highest BCUT2D eigenvalue weighted by Gasteiger charge is 2.18. The van der Waals surface area contributed by atoms with Gasteiger partial charge in [-0.1, -0.05) is 47.5 Å². The van der Waals surface area contributed by atoms with Crippen molar-refractivity contribution in [3.8, 4) is 0 Å². The summed E-state index contributed by atoms with van der Waals surface area (Å²) in [6.45, 7) is 0.990. The molecule has 2 N–H and O–H groups in total. The van der Waals surface area contributed by atoms with Crippen LogP contribution in [0.5, 0.6) is 0 Å². The number of anilines is 1. The number of rotatable bonds is 6. The van der Waals surface area contributed by atoms with Crippen LogP contribution < -0.4 is 10.6 Å². The number of hydrogen-bond acceptors (Lipinski definition) is 5. The summed E-state index contributed by atoms with van der Waals surface area (Å²) in [6, 6.07) is 12.5. The maximum atomic E-state index is 12.3. The van der Waals surface area contributed by atoms with Gasteiger partial charge in [0.05, 0.1) is 15.7 Å². The number of halogens is 2. The minimum atomic E-state index is -0.749. The smallest absolute Gasteiger partial charge is 0.325 e. The van der Waals surface area contributed by atoms with E-state index in [1.54, 1.807) is 18.2 Å².